The Morgan fingerprint density at radius 2 is 2.22 bits per heavy atom. The molecule has 0 atom stereocenters. The van der Waals surface area contributed by atoms with Crippen molar-refractivity contribution in [3.05, 3.63) is 29.0 Å². The summed E-state index contributed by atoms with van der Waals surface area (Å²) in [6, 6.07) is 4.56. The third-order valence-corrected chi connectivity index (χ3v) is 3.79. The molecule has 2 nitrogen and oxygen atoms in total. The van der Waals surface area contributed by atoms with Crippen molar-refractivity contribution >= 4 is 11.6 Å². The van der Waals surface area contributed by atoms with Crippen LogP contribution < -0.4 is 10.1 Å². The highest BCUT2D eigenvalue weighted by Gasteiger charge is 2.38. The fourth-order valence-corrected chi connectivity index (χ4v) is 2.43. The fourth-order valence-electron chi connectivity index (χ4n) is 2.26. The van der Waals surface area contributed by atoms with Gasteiger partial charge in [-0.25, -0.2) is 4.39 Å². The molecule has 1 aliphatic rings. The number of halogens is 2. The van der Waals surface area contributed by atoms with E-state index in [0.717, 1.165) is 32.4 Å². The lowest BCUT2D eigenvalue weighted by Crippen LogP contribution is -2.45. The van der Waals surface area contributed by atoms with Gasteiger partial charge in [-0.3, -0.25) is 0 Å². The van der Waals surface area contributed by atoms with Gasteiger partial charge < -0.3 is 10.1 Å². The third-order valence-electron chi connectivity index (χ3n) is 3.50. The van der Waals surface area contributed by atoms with Crippen molar-refractivity contribution in [3.63, 3.8) is 0 Å². The summed E-state index contributed by atoms with van der Waals surface area (Å²) in [5.74, 6) is 0.261. The molecule has 100 valence electrons. The summed E-state index contributed by atoms with van der Waals surface area (Å²) in [5.41, 5.74) is -0.0800. The molecule has 0 aromatic heterocycles. The zero-order chi connectivity index (χ0) is 13.0. The molecule has 0 amide bonds. The van der Waals surface area contributed by atoms with Crippen LogP contribution in [0.15, 0.2) is 18.2 Å². The molecular weight excluding hydrogens is 253 g/mol. The first-order valence-corrected chi connectivity index (χ1v) is 6.88. The van der Waals surface area contributed by atoms with E-state index in [0.29, 0.717) is 5.75 Å². The summed E-state index contributed by atoms with van der Waals surface area (Å²) in [6.45, 7) is 4.01. The van der Waals surface area contributed by atoms with E-state index in [1.54, 1.807) is 12.1 Å². The number of benzene rings is 1. The normalized spacial score (nSPS) is 17.3. The molecule has 0 aliphatic heterocycles. The molecule has 4 heteroatoms. The molecule has 18 heavy (non-hydrogen) atoms. The number of hydrogen-bond acceptors (Lipinski definition) is 2. The smallest absolute Gasteiger partial charge is 0.142 e. The topological polar surface area (TPSA) is 21.3 Å². The second-order valence-electron chi connectivity index (χ2n) is 4.82. The fraction of sp³-hybridized carbons (Fsp3) is 0.571. The minimum atomic E-state index is -0.403. The van der Waals surface area contributed by atoms with Crippen molar-refractivity contribution in [1.82, 2.24) is 5.32 Å². The van der Waals surface area contributed by atoms with Gasteiger partial charge in [0.25, 0.3) is 0 Å². The molecular formula is C14H19ClFNO. The van der Waals surface area contributed by atoms with Gasteiger partial charge in [-0.2, -0.15) is 0 Å². The van der Waals surface area contributed by atoms with Gasteiger partial charge in [0.15, 0.2) is 0 Å². The summed E-state index contributed by atoms with van der Waals surface area (Å²) in [5, 5.41) is 3.43. The lowest BCUT2D eigenvalue weighted by molar-refractivity contribution is -0.0141. The molecule has 0 saturated heterocycles. The predicted octanol–water partition coefficient (Wildman–Crippen LogP) is 3.78. The molecule has 1 aliphatic carbocycles. The standard InChI is InChI=1S/C14H19ClFNO/c1-2-17-9-8-14(6-3-7-14)18-11-4-5-13(16)12(15)10-11/h4-5,10,17H,2-3,6-9H2,1H3. The van der Waals surface area contributed by atoms with Crippen LogP contribution in [0.4, 0.5) is 4.39 Å². The zero-order valence-corrected chi connectivity index (χ0v) is 11.4. The van der Waals surface area contributed by atoms with Gasteiger partial charge in [0.2, 0.25) is 0 Å². The van der Waals surface area contributed by atoms with Crippen LogP contribution >= 0.6 is 11.6 Å². The van der Waals surface area contributed by atoms with E-state index in [1.807, 2.05) is 0 Å². The number of rotatable bonds is 6. The highest BCUT2D eigenvalue weighted by Crippen LogP contribution is 2.39. The summed E-state index contributed by atoms with van der Waals surface area (Å²) in [6.07, 6.45) is 4.30. The molecule has 1 aromatic carbocycles. The van der Waals surface area contributed by atoms with Gasteiger partial charge in [0.05, 0.1) is 5.02 Å². The Bertz CT molecular complexity index is 407. The molecule has 0 spiro atoms. The van der Waals surface area contributed by atoms with Crippen LogP contribution in [-0.2, 0) is 0 Å². The van der Waals surface area contributed by atoms with Gasteiger partial charge in [0, 0.05) is 6.07 Å². The van der Waals surface area contributed by atoms with Gasteiger partial charge >= 0.3 is 0 Å². The summed E-state index contributed by atoms with van der Waals surface area (Å²) < 4.78 is 19.1. The van der Waals surface area contributed by atoms with Crippen LogP contribution in [0.25, 0.3) is 0 Å². The highest BCUT2D eigenvalue weighted by molar-refractivity contribution is 6.30. The minimum Gasteiger partial charge on any atom is -0.487 e. The second kappa shape index (κ2) is 5.89. The highest BCUT2D eigenvalue weighted by atomic mass is 35.5. The van der Waals surface area contributed by atoms with Crippen molar-refractivity contribution in [2.75, 3.05) is 13.1 Å². The van der Waals surface area contributed by atoms with Crippen molar-refractivity contribution in [2.45, 2.75) is 38.2 Å². The SMILES string of the molecule is CCNCCC1(Oc2ccc(F)c(Cl)c2)CCC1. The van der Waals surface area contributed by atoms with Crippen LogP contribution in [-0.4, -0.2) is 18.7 Å². The maximum atomic E-state index is 13.1. The zero-order valence-electron chi connectivity index (χ0n) is 10.6. The molecule has 1 saturated carbocycles. The number of ether oxygens (including phenoxy) is 1. The van der Waals surface area contributed by atoms with Gasteiger partial charge in [-0.15, -0.1) is 0 Å². The Labute approximate surface area is 112 Å². The van der Waals surface area contributed by atoms with Crippen LogP contribution in [0, 0.1) is 5.82 Å². The van der Waals surface area contributed by atoms with Crippen LogP contribution in [0.3, 0.4) is 0 Å². The van der Waals surface area contributed by atoms with E-state index in [1.165, 1.54) is 12.5 Å². The maximum absolute atomic E-state index is 13.1. The molecule has 1 fully saturated rings. The Morgan fingerprint density at radius 3 is 2.78 bits per heavy atom. The Morgan fingerprint density at radius 1 is 1.44 bits per heavy atom. The molecule has 2 rings (SSSR count). The lowest BCUT2D eigenvalue weighted by atomic mass is 9.77. The van der Waals surface area contributed by atoms with Crippen LogP contribution in [0.5, 0.6) is 5.75 Å². The summed E-state index contributed by atoms with van der Waals surface area (Å²) in [4.78, 5) is 0. The molecule has 1 N–H and O–H groups in total. The lowest BCUT2D eigenvalue weighted by Gasteiger charge is -2.42. The summed E-state index contributed by atoms with van der Waals surface area (Å²) in [7, 11) is 0. The quantitative estimate of drug-likeness (QED) is 0.795. The Kier molecular flexibility index (Phi) is 4.46. The molecule has 0 bridgehead atoms. The summed E-state index contributed by atoms with van der Waals surface area (Å²) >= 11 is 5.76. The predicted molar refractivity (Wildman–Crippen MR) is 71.8 cm³/mol. The number of hydrogen-bond donors (Lipinski definition) is 1. The largest absolute Gasteiger partial charge is 0.487 e. The number of nitrogens with one attached hydrogen (secondary N) is 1. The van der Waals surface area contributed by atoms with Crippen LogP contribution in [0.1, 0.15) is 32.6 Å². The Balaban J connectivity index is 1.98. The average molecular weight is 272 g/mol. The maximum Gasteiger partial charge on any atom is 0.142 e. The van der Waals surface area contributed by atoms with Crippen molar-refractivity contribution in [1.29, 1.82) is 0 Å². The molecule has 1 aromatic rings. The van der Waals surface area contributed by atoms with Crippen molar-refractivity contribution < 1.29 is 9.13 Å². The van der Waals surface area contributed by atoms with Crippen molar-refractivity contribution in [3.8, 4) is 5.75 Å². The van der Waals surface area contributed by atoms with E-state index >= 15 is 0 Å². The van der Waals surface area contributed by atoms with Gasteiger partial charge in [0.1, 0.15) is 17.2 Å². The average Bonchev–Trinajstić information content (AvgIpc) is 2.31. The molecule has 0 heterocycles. The van der Waals surface area contributed by atoms with E-state index < -0.39 is 5.82 Å². The minimum absolute atomic E-state index is 0.0800. The monoisotopic (exact) mass is 271 g/mol. The van der Waals surface area contributed by atoms with E-state index in [2.05, 4.69) is 12.2 Å². The van der Waals surface area contributed by atoms with E-state index in [-0.39, 0.29) is 10.6 Å². The first-order valence-electron chi connectivity index (χ1n) is 6.50. The third kappa shape index (κ3) is 3.15. The van der Waals surface area contributed by atoms with E-state index in [9.17, 15) is 4.39 Å². The van der Waals surface area contributed by atoms with E-state index in [4.69, 9.17) is 16.3 Å². The van der Waals surface area contributed by atoms with Crippen LogP contribution in [0.2, 0.25) is 5.02 Å². The molecule has 0 radical (unpaired) electrons. The van der Waals surface area contributed by atoms with Gasteiger partial charge in [-0.05, 0) is 50.9 Å². The second-order valence-corrected chi connectivity index (χ2v) is 5.23. The van der Waals surface area contributed by atoms with Gasteiger partial charge in [-0.1, -0.05) is 18.5 Å². The first kappa shape index (κ1) is 13.6. The first-order chi connectivity index (χ1) is 8.65. The Hall–Kier alpha value is -0.800. The van der Waals surface area contributed by atoms with Crippen molar-refractivity contribution in [2.24, 2.45) is 0 Å². The molecule has 0 unspecified atom stereocenters.